The van der Waals surface area contributed by atoms with E-state index in [1.165, 1.54) is 0 Å². The predicted octanol–water partition coefficient (Wildman–Crippen LogP) is 2.72. The molecule has 1 unspecified atom stereocenters. The first-order chi connectivity index (χ1) is 8.19. The Morgan fingerprint density at radius 2 is 2.00 bits per heavy atom. The summed E-state index contributed by atoms with van der Waals surface area (Å²) in [6.07, 6.45) is 3.13. The van der Waals surface area contributed by atoms with Gasteiger partial charge >= 0.3 is 0 Å². The Morgan fingerprint density at radius 1 is 1.29 bits per heavy atom. The summed E-state index contributed by atoms with van der Waals surface area (Å²) in [7, 11) is -0.974. The SMILES string of the molecule is CCCCCS(=O)Cc1cccc(CN)c1F. The zero-order chi connectivity index (χ0) is 12.7. The van der Waals surface area contributed by atoms with Crippen LogP contribution < -0.4 is 5.73 Å². The van der Waals surface area contributed by atoms with Gasteiger partial charge in [-0.25, -0.2) is 4.39 Å². The summed E-state index contributed by atoms with van der Waals surface area (Å²) < 4.78 is 25.6. The Bertz CT molecular complexity index is 382. The van der Waals surface area contributed by atoms with E-state index in [-0.39, 0.29) is 12.4 Å². The molecule has 0 spiro atoms. The van der Waals surface area contributed by atoms with Gasteiger partial charge < -0.3 is 5.73 Å². The van der Waals surface area contributed by atoms with Crippen molar-refractivity contribution >= 4 is 10.8 Å². The molecule has 0 saturated heterocycles. The van der Waals surface area contributed by atoms with Gasteiger partial charge in [-0.3, -0.25) is 4.21 Å². The molecule has 1 aromatic rings. The van der Waals surface area contributed by atoms with E-state index in [1.54, 1.807) is 18.2 Å². The smallest absolute Gasteiger partial charge is 0.131 e. The third-order valence-corrected chi connectivity index (χ3v) is 4.05. The van der Waals surface area contributed by atoms with Crippen molar-refractivity contribution in [3.63, 3.8) is 0 Å². The van der Waals surface area contributed by atoms with Crippen molar-refractivity contribution in [1.82, 2.24) is 0 Å². The van der Waals surface area contributed by atoms with Crippen LogP contribution in [0.1, 0.15) is 37.3 Å². The Balaban J connectivity index is 2.59. The predicted molar refractivity (Wildman–Crippen MR) is 70.5 cm³/mol. The number of benzene rings is 1. The van der Waals surface area contributed by atoms with E-state index in [2.05, 4.69) is 6.92 Å². The van der Waals surface area contributed by atoms with Crippen molar-refractivity contribution in [3.8, 4) is 0 Å². The zero-order valence-corrected chi connectivity index (χ0v) is 11.1. The molecule has 1 aromatic carbocycles. The Hall–Kier alpha value is -0.740. The molecule has 0 bridgehead atoms. The quantitative estimate of drug-likeness (QED) is 0.763. The van der Waals surface area contributed by atoms with Crippen molar-refractivity contribution < 1.29 is 8.60 Å². The third kappa shape index (κ3) is 4.56. The van der Waals surface area contributed by atoms with Crippen LogP contribution in [0, 0.1) is 5.82 Å². The van der Waals surface area contributed by atoms with Crippen molar-refractivity contribution in [2.45, 2.75) is 38.5 Å². The molecule has 0 saturated carbocycles. The molecule has 0 heterocycles. The molecule has 4 heteroatoms. The highest BCUT2D eigenvalue weighted by Gasteiger charge is 2.09. The topological polar surface area (TPSA) is 43.1 Å². The highest BCUT2D eigenvalue weighted by molar-refractivity contribution is 7.84. The molecule has 0 fully saturated rings. The van der Waals surface area contributed by atoms with Crippen LogP contribution in [-0.2, 0) is 23.1 Å². The van der Waals surface area contributed by atoms with E-state index in [0.717, 1.165) is 19.3 Å². The summed E-state index contributed by atoms with van der Waals surface area (Å²) in [5.74, 6) is 0.655. The lowest BCUT2D eigenvalue weighted by molar-refractivity contribution is 0.598. The van der Waals surface area contributed by atoms with Gasteiger partial charge in [0.25, 0.3) is 0 Å². The number of halogens is 1. The van der Waals surface area contributed by atoms with Gasteiger partial charge in [-0.1, -0.05) is 38.0 Å². The number of nitrogens with two attached hydrogens (primary N) is 1. The fourth-order valence-electron chi connectivity index (χ4n) is 1.66. The first kappa shape index (κ1) is 14.3. The van der Waals surface area contributed by atoms with Gasteiger partial charge in [-0.2, -0.15) is 0 Å². The Labute approximate surface area is 105 Å². The van der Waals surface area contributed by atoms with Gasteiger partial charge in [0.1, 0.15) is 5.82 Å². The summed E-state index contributed by atoms with van der Waals surface area (Å²) in [4.78, 5) is 0. The molecule has 1 atom stereocenters. The maximum absolute atomic E-state index is 13.8. The van der Waals surface area contributed by atoms with Crippen LogP contribution in [0.25, 0.3) is 0 Å². The fourth-order valence-corrected chi connectivity index (χ4v) is 2.90. The van der Waals surface area contributed by atoms with E-state index in [9.17, 15) is 8.60 Å². The molecule has 0 aliphatic rings. The molecule has 96 valence electrons. The molecule has 1 rings (SSSR count). The zero-order valence-electron chi connectivity index (χ0n) is 10.2. The van der Waals surface area contributed by atoms with Gasteiger partial charge in [0, 0.05) is 34.2 Å². The lowest BCUT2D eigenvalue weighted by Gasteiger charge is -2.06. The lowest BCUT2D eigenvalue weighted by atomic mass is 10.1. The van der Waals surface area contributed by atoms with Gasteiger partial charge in [-0.15, -0.1) is 0 Å². The van der Waals surface area contributed by atoms with Crippen molar-refractivity contribution in [2.24, 2.45) is 5.73 Å². The largest absolute Gasteiger partial charge is 0.326 e. The van der Waals surface area contributed by atoms with Crippen LogP contribution in [-0.4, -0.2) is 9.96 Å². The molecule has 0 aliphatic heterocycles. The van der Waals surface area contributed by atoms with E-state index in [4.69, 9.17) is 5.73 Å². The van der Waals surface area contributed by atoms with Crippen molar-refractivity contribution in [3.05, 3.63) is 35.1 Å². The number of rotatable bonds is 7. The number of unbranched alkanes of at least 4 members (excludes halogenated alkanes) is 2. The highest BCUT2D eigenvalue weighted by Crippen LogP contribution is 2.15. The highest BCUT2D eigenvalue weighted by atomic mass is 32.2. The van der Waals surface area contributed by atoms with Crippen LogP contribution in [0.15, 0.2) is 18.2 Å². The van der Waals surface area contributed by atoms with Gasteiger partial charge in [-0.05, 0) is 6.42 Å². The van der Waals surface area contributed by atoms with Crippen LogP contribution in [0.5, 0.6) is 0 Å². The fraction of sp³-hybridized carbons (Fsp3) is 0.538. The molecular formula is C13H20FNOS. The minimum atomic E-state index is -0.974. The van der Waals surface area contributed by atoms with Gasteiger partial charge in [0.2, 0.25) is 0 Å². The number of hydrogen-bond donors (Lipinski definition) is 1. The second-order valence-corrected chi connectivity index (χ2v) is 5.67. The average Bonchev–Trinajstić information content (AvgIpc) is 2.32. The van der Waals surface area contributed by atoms with Crippen molar-refractivity contribution in [1.29, 1.82) is 0 Å². The van der Waals surface area contributed by atoms with E-state index in [0.29, 0.717) is 22.6 Å². The normalized spacial score (nSPS) is 12.6. The number of hydrogen-bond acceptors (Lipinski definition) is 2. The van der Waals surface area contributed by atoms with Gasteiger partial charge in [0.15, 0.2) is 0 Å². The standard InChI is InChI=1S/C13H20FNOS/c1-2-3-4-8-17(16)10-12-7-5-6-11(9-15)13(12)14/h5-7H,2-4,8-10,15H2,1H3. The first-order valence-corrected chi connectivity index (χ1v) is 7.49. The maximum Gasteiger partial charge on any atom is 0.131 e. The molecular weight excluding hydrogens is 237 g/mol. The van der Waals surface area contributed by atoms with E-state index >= 15 is 0 Å². The van der Waals surface area contributed by atoms with Crippen LogP contribution >= 0.6 is 0 Å². The van der Waals surface area contributed by atoms with E-state index in [1.807, 2.05) is 0 Å². The summed E-state index contributed by atoms with van der Waals surface area (Å²) in [5, 5.41) is 0. The molecule has 0 amide bonds. The minimum Gasteiger partial charge on any atom is -0.326 e. The average molecular weight is 257 g/mol. The maximum atomic E-state index is 13.8. The molecule has 2 nitrogen and oxygen atoms in total. The summed E-state index contributed by atoms with van der Waals surface area (Å²) in [5.41, 5.74) is 6.44. The third-order valence-electron chi connectivity index (χ3n) is 2.67. The van der Waals surface area contributed by atoms with Crippen LogP contribution in [0.2, 0.25) is 0 Å². The monoisotopic (exact) mass is 257 g/mol. The Morgan fingerprint density at radius 3 is 2.65 bits per heavy atom. The molecule has 0 aliphatic carbocycles. The summed E-state index contributed by atoms with van der Waals surface area (Å²) in [6.45, 7) is 2.29. The second kappa shape index (κ2) is 7.56. The molecule has 17 heavy (non-hydrogen) atoms. The lowest BCUT2D eigenvalue weighted by Crippen LogP contribution is -2.06. The van der Waals surface area contributed by atoms with Crippen LogP contribution in [0.4, 0.5) is 4.39 Å². The Kier molecular flexibility index (Phi) is 6.37. The van der Waals surface area contributed by atoms with Gasteiger partial charge in [0.05, 0.1) is 5.75 Å². The van der Waals surface area contributed by atoms with Crippen LogP contribution in [0.3, 0.4) is 0 Å². The van der Waals surface area contributed by atoms with E-state index < -0.39 is 10.8 Å². The molecule has 2 N–H and O–H groups in total. The second-order valence-electron chi connectivity index (χ2n) is 4.09. The molecule has 0 radical (unpaired) electrons. The van der Waals surface area contributed by atoms with Crippen molar-refractivity contribution in [2.75, 3.05) is 5.75 Å². The summed E-state index contributed by atoms with van der Waals surface area (Å²) >= 11 is 0. The summed E-state index contributed by atoms with van der Waals surface area (Å²) in [6, 6.07) is 5.12. The minimum absolute atomic E-state index is 0.183. The molecule has 0 aromatic heterocycles. The first-order valence-electron chi connectivity index (χ1n) is 6.00.